The molecule has 0 unspecified atom stereocenters. The first-order chi connectivity index (χ1) is 14.4. The van der Waals surface area contributed by atoms with E-state index in [1.54, 1.807) is 36.4 Å². The molecule has 0 aliphatic carbocycles. The molecule has 2 aromatic carbocycles. The lowest BCUT2D eigenvalue weighted by atomic mass is 10.0. The Bertz CT molecular complexity index is 1080. The molecule has 3 aromatic rings. The topological polar surface area (TPSA) is 84.1 Å². The number of benzene rings is 2. The van der Waals surface area contributed by atoms with Crippen molar-refractivity contribution in [1.82, 2.24) is 15.3 Å². The van der Waals surface area contributed by atoms with Crippen molar-refractivity contribution < 1.29 is 13.9 Å². The van der Waals surface area contributed by atoms with Gasteiger partial charge in [-0.05, 0) is 29.8 Å². The second-order valence-electron chi connectivity index (χ2n) is 7.26. The fourth-order valence-corrected chi connectivity index (χ4v) is 3.13. The molecule has 0 fully saturated rings. The fraction of sp³-hybridized carbons (Fsp3) is 0.261. The maximum atomic E-state index is 13.4. The molecule has 0 spiro atoms. The molecule has 1 amide bonds. The second kappa shape index (κ2) is 9.35. The van der Waals surface area contributed by atoms with Gasteiger partial charge in [-0.25, -0.2) is 9.37 Å². The summed E-state index contributed by atoms with van der Waals surface area (Å²) in [4.78, 5) is 32.3. The lowest BCUT2D eigenvalue weighted by molar-refractivity contribution is 0.0933. The molecule has 6 nitrogen and oxygen atoms in total. The Kier molecular flexibility index (Phi) is 6.61. The molecule has 1 atom stereocenters. The molecule has 0 saturated carbocycles. The highest BCUT2D eigenvalue weighted by Crippen LogP contribution is 2.22. The number of methoxy groups -OCH3 is 1. The van der Waals surface area contributed by atoms with Gasteiger partial charge in [0.25, 0.3) is 11.5 Å². The number of carbonyl (C=O) groups excluding carboxylic acids is 1. The second-order valence-corrected chi connectivity index (χ2v) is 7.26. The van der Waals surface area contributed by atoms with Crippen molar-refractivity contribution in [3.05, 3.63) is 93.4 Å². The first kappa shape index (κ1) is 21.2. The summed E-state index contributed by atoms with van der Waals surface area (Å²) < 4.78 is 18.7. The van der Waals surface area contributed by atoms with Crippen molar-refractivity contribution in [2.75, 3.05) is 7.11 Å². The van der Waals surface area contributed by atoms with Gasteiger partial charge >= 0.3 is 0 Å². The third-order valence-corrected chi connectivity index (χ3v) is 4.70. The average Bonchev–Trinajstić information content (AvgIpc) is 2.73. The third kappa shape index (κ3) is 5.11. The number of amides is 1. The quantitative estimate of drug-likeness (QED) is 0.622. The van der Waals surface area contributed by atoms with Gasteiger partial charge in [0, 0.05) is 18.4 Å². The monoisotopic (exact) mass is 409 g/mol. The number of hydrogen-bond acceptors (Lipinski definition) is 4. The van der Waals surface area contributed by atoms with Gasteiger partial charge in [0.1, 0.15) is 17.4 Å². The highest BCUT2D eigenvalue weighted by Gasteiger charge is 2.20. The average molecular weight is 409 g/mol. The van der Waals surface area contributed by atoms with Crippen LogP contribution < -0.4 is 15.6 Å². The van der Waals surface area contributed by atoms with Gasteiger partial charge in [0.2, 0.25) is 0 Å². The minimum absolute atomic E-state index is 0.0464. The van der Waals surface area contributed by atoms with Crippen molar-refractivity contribution in [3.63, 3.8) is 0 Å². The summed E-state index contributed by atoms with van der Waals surface area (Å²) in [6.07, 6.45) is 0.274. The van der Waals surface area contributed by atoms with E-state index in [4.69, 9.17) is 4.74 Å². The van der Waals surface area contributed by atoms with Gasteiger partial charge in [-0.2, -0.15) is 0 Å². The summed E-state index contributed by atoms with van der Waals surface area (Å²) in [5.41, 5.74) is 1.37. The number of nitrogens with one attached hydrogen (secondary N) is 2. The molecule has 7 heteroatoms. The van der Waals surface area contributed by atoms with Crippen LogP contribution in [0, 0.1) is 5.82 Å². The molecule has 0 radical (unpaired) electrons. The van der Waals surface area contributed by atoms with Gasteiger partial charge < -0.3 is 15.0 Å². The van der Waals surface area contributed by atoms with Crippen molar-refractivity contribution in [2.24, 2.45) is 0 Å². The zero-order chi connectivity index (χ0) is 21.7. The molecule has 0 saturated heterocycles. The number of rotatable bonds is 7. The molecule has 1 aromatic heterocycles. The standard InChI is InChI=1S/C23H24FN3O3/c1-14(2)22-25-17(13-21(28)27-22)12-19(15-8-10-16(24)11-9-15)26-23(29)18-6-4-5-7-20(18)30-3/h4-11,13-14,19H,12H2,1-3H3,(H,26,29)(H,25,27,28)/t19-/m0/s1. The first-order valence-electron chi connectivity index (χ1n) is 9.67. The zero-order valence-corrected chi connectivity index (χ0v) is 17.1. The number of ether oxygens (including phenoxy) is 1. The van der Waals surface area contributed by atoms with Crippen LogP contribution in [0.25, 0.3) is 0 Å². The largest absolute Gasteiger partial charge is 0.496 e. The lowest BCUT2D eigenvalue weighted by Crippen LogP contribution is -2.31. The van der Waals surface area contributed by atoms with Crippen LogP contribution in [0.1, 0.15) is 53.2 Å². The number of carbonyl (C=O) groups is 1. The molecular formula is C23H24FN3O3. The molecular weight excluding hydrogens is 385 g/mol. The Morgan fingerprint density at radius 1 is 1.17 bits per heavy atom. The maximum absolute atomic E-state index is 13.4. The maximum Gasteiger partial charge on any atom is 0.255 e. The van der Waals surface area contributed by atoms with Gasteiger partial charge in [-0.15, -0.1) is 0 Å². The summed E-state index contributed by atoms with van der Waals surface area (Å²) in [5, 5.41) is 2.97. The summed E-state index contributed by atoms with van der Waals surface area (Å²) in [6.45, 7) is 3.87. The number of aromatic nitrogens is 2. The van der Waals surface area contributed by atoms with Gasteiger partial charge in [0.05, 0.1) is 24.4 Å². The van der Waals surface area contributed by atoms with Crippen LogP contribution in [0.2, 0.25) is 0 Å². The van der Waals surface area contributed by atoms with Crippen molar-refractivity contribution in [3.8, 4) is 5.75 Å². The number of para-hydroxylation sites is 1. The zero-order valence-electron chi connectivity index (χ0n) is 17.1. The molecule has 0 aliphatic heterocycles. The number of hydrogen-bond donors (Lipinski definition) is 2. The number of H-pyrrole nitrogens is 1. The van der Waals surface area contributed by atoms with Crippen molar-refractivity contribution in [1.29, 1.82) is 0 Å². The Hall–Kier alpha value is -3.48. The summed E-state index contributed by atoms with van der Waals surface area (Å²) in [6, 6.07) is 13.7. The van der Waals surface area contributed by atoms with Crippen LogP contribution >= 0.6 is 0 Å². The van der Waals surface area contributed by atoms with E-state index in [-0.39, 0.29) is 29.6 Å². The smallest absolute Gasteiger partial charge is 0.255 e. The Balaban J connectivity index is 1.94. The van der Waals surface area contributed by atoms with Crippen LogP contribution in [-0.4, -0.2) is 23.0 Å². The van der Waals surface area contributed by atoms with E-state index < -0.39 is 6.04 Å². The Morgan fingerprint density at radius 3 is 2.53 bits per heavy atom. The highest BCUT2D eigenvalue weighted by molar-refractivity contribution is 5.97. The van der Waals surface area contributed by atoms with E-state index in [0.717, 1.165) is 0 Å². The number of aromatic amines is 1. The molecule has 1 heterocycles. The lowest BCUT2D eigenvalue weighted by Gasteiger charge is -2.20. The van der Waals surface area contributed by atoms with E-state index in [2.05, 4.69) is 15.3 Å². The van der Waals surface area contributed by atoms with Crippen LogP contribution in [0.5, 0.6) is 5.75 Å². The normalized spacial score (nSPS) is 11.9. The molecule has 3 rings (SSSR count). The predicted octanol–water partition coefficient (Wildman–Crippen LogP) is 3.75. The minimum Gasteiger partial charge on any atom is -0.496 e. The highest BCUT2D eigenvalue weighted by atomic mass is 19.1. The molecule has 156 valence electrons. The SMILES string of the molecule is COc1ccccc1C(=O)N[C@@H](Cc1cc(=O)[nH]c(C(C)C)n1)c1ccc(F)cc1. The molecule has 0 aliphatic rings. The predicted molar refractivity (Wildman–Crippen MR) is 112 cm³/mol. The molecule has 30 heavy (non-hydrogen) atoms. The van der Waals surface area contributed by atoms with Crippen molar-refractivity contribution >= 4 is 5.91 Å². The summed E-state index contributed by atoms with van der Waals surface area (Å²) in [7, 11) is 1.50. The van der Waals surface area contributed by atoms with E-state index >= 15 is 0 Å². The Morgan fingerprint density at radius 2 is 1.87 bits per heavy atom. The van der Waals surface area contributed by atoms with Crippen LogP contribution in [0.15, 0.2) is 59.4 Å². The Labute approximate surface area is 174 Å². The van der Waals surface area contributed by atoms with Crippen LogP contribution in [0.4, 0.5) is 4.39 Å². The third-order valence-electron chi connectivity index (χ3n) is 4.70. The van der Waals surface area contributed by atoms with E-state index in [1.807, 2.05) is 13.8 Å². The molecule has 2 N–H and O–H groups in total. The summed E-state index contributed by atoms with van der Waals surface area (Å²) >= 11 is 0. The van der Waals surface area contributed by atoms with Crippen molar-refractivity contribution in [2.45, 2.75) is 32.2 Å². The number of nitrogens with zero attached hydrogens (tertiary/aromatic N) is 1. The van der Waals surface area contributed by atoms with Gasteiger partial charge in [-0.3, -0.25) is 9.59 Å². The van der Waals surface area contributed by atoms with E-state index in [0.29, 0.717) is 28.4 Å². The van der Waals surface area contributed by atoms with Crippen LogP contribution in [0.3, 0.4) is 0 Å². The number of halogens is 1. The van der Waals surface area contributed by atoms with Crippen LogP contribution in [-0.2, 0) is 6.42 Å². The fourth-order valence-electron chi connectivity index (χ4n) is 3.13. The summed E-state index contributed by atoms with van der Waals surface area (Å²) in [5.74, 6) is 0.362. The van der Waals surface area contributed by atoms with Gasteiger partial charge in [-0.1, -0.05) is 38.1 Å². The van der Waals surface area contributed by atoms with E-state index in [9.17, 15) is 14.0 Å². The first-order valence-corrected chi connectivity index (χ1v) is 9.67. The minimum atomic E-state index is -0.516. The van der Waals surface area contributed by atoms with E-state index in [1.165, 1.54) is 25.3 Å². The van der Waals surface area contributed by atoms with Gasteiger partial charge in [0.15, 0.2) is 0 Å². The molecule has 0 bridgehead atoms.